The molecule has 0 saturated carbocycles. The molecule has 0 bridgehead atoms. The Labute approximate surface area is 89.2 Å². The molecule has 1 unspecified atom stereocenters. The molecule has 0 spiro atoms. The average molecular weight is 199 g/mol. The molecule has 0 aromatic heterocycles. The molecule has 2 aliphatic rings. The minimum Gasteiger partial charge on any atom is -0.328 e. The Kier molecular flexibility index (Phi) is 1.88. The fourth-order valence-corrected chi connectivity index (χ4v) is 2.45. The lowest BCUT2D eigenvalue weighted by Gasteiger charge is -2.20. The third-order valence-corrected chi connectivity index (χ3v) is 3.19. The molecule has 1 aromatic rings. The van der Waals surface area contributed by atoms with Crippen LogP contribution in [0.15, 0.2) is 36.4 Å². The van der Waals surface area contributed by atoms with Crippen LogP contribution in [-0.2, 0) is 0 Å². The third-order valence-electron chi connectivity index (χ3n) is 3.19. The lowest BCUT2D eigenvalue weighted by molar-refractivity contribution is 0.0756. The molecule has 0 fully saturated rings. The summed E-state index contributed by atoms with van der Waals surface area (Å²) in [4.78, 5) is 14.1. The number of fused-ring (bicyclic) bond motifs is 3. The second kappa shape index (κ2) is 3.23. The number of carbonyl (C=O) groups excluding carboxylic acids is 1. The molecule has 1 amide bonds. The van der Waals surface area contributed by atoms with Crippen molar-refractivity contribution in [3.05, 3.63) is 47.5 Å². The van der Waals surface area contributed by atoms with Gasteiger partial charge in [-0.1, -0.05) is 30.4 Å². The zero-order valence-corrected chi connectivity index (χ0v) is 8.52. The van der Waals surface area contributed by atoms with E-state index in [9.17, 15) is 4.79 Å². The first-order valence-electron chi connectivity index (χ1n) is 5.44. The lowest BCUT2D eigenvalue weighted by Crippen LogP contribution is -2.27. The van der Waals surface area contributed by atoms with Crippen LogP contribution in [0.4, 0.5) is 0 Å². The summed E-state index contributed by atoms with van der Waals surface area (Å²) >= 11 is 0. The summed E-state index contributed by atoms with van der Waals surface area (Å²) in [6.07, 6.45) is 6.52. The summed E-state index contributed by atoms with van der Waals surface area (Å²) in [6, 6.07) is 8.13. The number of amides is 1. The van der Waals surface area contributed by atoms with Gasteiger partial charge in [0.05, 0.1) is 6.04 Å². The first-order valence-corrected chi connectivity index (χ1v) is 5.44. The molecule has 2 nitrogen and oxygen atoms in total. The SMILES string of the molecule is O=C1c2ccccc2C2C=CCCCN12. The Hall–Kier alpha value is -1.57. The second-order valence-corrected chi connectivity index (χ2v) is 4.10. The monoisotopic (exact) mass is 199 g/mol. The van der Waals surface area contributed by atoms with Crippen LogP contribution in [-0.4, -0.2) is 17.4 Å². The van der Waals surface area contributed by atoms with Crippen molar-refractivity contribution in [2.24, 2.45) is 0 Å². The molecule has 76 valence electrons. The van der Waals surface area contributed by atoms with Crippen molar-refractivity contribution >= 4 is 5.91 Å². The van der Waals surface area contributed by atoms with Gasteiger partial charge in [0.25, 0.3) is 5.91 Å². The van der Waals surface area contributed by atoms with E-state index in [2.05, 4.69) is 18.2 Å². The van der Waals surface area contributed by atoms with Crippen molar-refractivity contribution in [1.82, 2.24) is 4.90 Å². The maximum Gasteiger partial charge on any atom is 0.254 e. The van der Waals surface area contributed by atoms with Crippen LogP contribution in [0, 0.1) is 0 Å². The van der Waals surface area contributed by atoms with Crippen molar-refractivity contribution in [2.75, 3.05) is 6.54 Å². The molecule has 2 aliphatic heterocycles. The van der Waals surface area contributed by atoms with Gasteiger partial charge in [0.2, 0.25) is 0 Å². The van der Waals surface area contributed by atoms with Gasteiger partial charge >= 0.3 is 0 Å². The van der Waals surface area contributed by atoms with E-state index < -0.39 is 0 Å². The van der Waals surface area contributed by atoms with E-state index in [0.717, 1.165) is 24.9 Å². The number of allylic oxidation sites excluding steroid dienone is 1. The third kappa shape index (κ3) is 1.21. The summed E-state index contributed by atoms with van der Waals surface area (Å²) in [5.74, 6) is 0.196. The molecule has 1 atom stereocenters. The molecule has 15 heavy (non-hydrogen) atoms. The van der Waals surface area contributed by atoms with E-state index >= 15 is 0 Å². The van der Waals surface area contributed by atoms with E-state index in [4.69, 9.17) is 0 Å². The minimum atomic E-state index is 0.191. The van der Waals surface area contributed by atoms with Gasteiger partial charge in [-0.2, -0.15) is 0 Å². The molecule has 1 aromatic carbocycles. The van der Waals surface area contributed by atoms with Crippen LogP contribution < -0.4 is 0 Å². The van der Waals surface area contributed by atoms with Crippen LogP contribution in [0.25, 0.3) is 0 Å². The van der Waals surface area contributed by atoms with Gasteiger partial charge in [-0.05, 0) is 24.5 Å². The van der Waals surface area contributed by atoms with Crippen molar-refractivity contribution < 1.29 is 4.79 Å². The summed E-state index contributed by atoms with van der Waals surface area (Å²) in [7, 11) is 0. The minimum absolute atomic E-state index is 0.191. The molecule has 2 heteroatoms. The normalized spacial score (nSPS) is 23.6. The lowest BCUT2D eigenvalue weighted by atomic mass is 10.0. The standard InChI is InChI=1S/C13H13NO/c15-13-11-7-4-3-6-10(11)12-8-2-1-5-9-14(12)13/h2-4,6-8,12H,1,5,9H2. The van der Waals surface area contributed by atoms with Crippen LogP contribution in [0.5, 0.6) is 0 Å². The highest BCUT2D eigenvalue weighted by atomic mass is 16.2. The van der Waals surface area contributed by atoms with Crippen molar-refractivity contribution in [1.29, 1.82) is 0 Å². The predicted octanol–water partition coefficient (Wildman–Crippen LogP) is 2.53. The number of carbonyl (C=O) groups is 1. The van der Waals surface area contributed by atoms with Crippen molar-refractivity contribution in [3.63, 3.8) is 0 Å². The van der Waals surface area contributed by atoms with Crippen LogP contribution in [0.2, 0.25) is 0 Å². The molecular formula is C13H13NO. The topological polar surface area (TPSA) is 20.3 Å². The van der Waals surface area contributed by atoms with Gasteiger partial charge in [0.15, 0.2) is 0 Å². The average Bonchev–Trinajstić information content (AvgIpc) is 2.48. The Morgan fingerprint density at radius 2 is 2.13 bits per heavy atom. The molecule has 3 rings (SSSR count). The fraction of sp³-hybridized carbons (Fsp3) is 0.308. The maximum absolute atomic E-state index is 12.1. The summed E-state index contributed by atoms with van der Waals surface area (Å²) in [5.41, 5.74) is 2.05. The van der Waals surface area contributed by atoms with E-state index in [1.165, 1.54) is 5.56 Å². The van der Waals surface area contributed by atoms with Gasteiger partial charge in [0, 0.05) is 12.1 Å². The highest BCUT2D eigenvalue weighted by Crippen LogP contribution is 2.35. The first kappa shape index (κ1) is 8.72. The molecular weight excluding hydrogens is 186 g/mol. The maximum atomic E-state index is 12.1. The van der Waals surface area contributed by atoms with Gasteiger partial charge in [-0.15, -0.1) is 0 Å². The number of nitrogens with zero attached hydrogens (tertiary/aromatic N) is 1. The molecule has 0 saturated heterocycles. The molecule has 0 radical (unpaired) electrons. The van der Waals surface area contributed by atoms with E-state index in [1.54, 1.807) is 0 Å². The van der Waals surface area contributed by atoms with Gasteiger partial charge in [-0.3, -0.25) is 4.79 Å². The quantitative estimate of drug-likeness (QED) is 0.588. The van der Waals surface area contributed by atoms with E-state index in [-0.39, 0.29) is 11.9 Å². The van der Waals surface area contributed by atoms with Crippen molar-refractivity contribution in [2.45, 2.75) is 18.9 Å². The number of hydrogen-bond acceptors (Lipinski definition) is 1. The Balaban J connectivity index is 2.13. The second-order valence-electron chi connectivity index (χ2n) is 4.10. The molecule has 0 aliphatic carbocycles. The molecule has 0 N–H and O–H groups in total. The van der Waals surface area contributed by atoms with Crippen LogP contribution >= 0.6 is 0 Å². The highest BCUT2D eigenvalue weighted by Gasteiger charge is 2.34. The summed E-state index contributed by atoms with van der Waals surface area (Å²) in [5, 5.41) is 0. The zero-order chi connectivity index (χ0) is 10.3. The van der Waals surface area contributed by atoms with Crippen LogP contribution in [0.1, 0.15) is 34.8 Å². The van der Waals surface area contributed by atoms with Crippen molar-refractivity contribution in [3.8, 4) is 0 Å². The number of hydrogen-bond donors (Lipinski definition) is 0. The zero-order valence-electron chi connectivity index (χ0n) is 8.52. The van der Waals surface area contributed by atoms with Gasteiger partial charge in [0.1, 0.15) is 0 Å². The summed E-state index contributed by atoms with van der Waals surface area (Å²) < 4.78 is 0. The Bertz CT molecular complexity index is 436. The Morgan fingerprint density at radius 3 is 3.07 bits per heavy atom. The summed E-state index contributed by atoms with van der Waals surface area (Å²) in [6.45, 7) is 0.880. The number of benzene rings is 1. The van der Waals surface area contributed by atoms with Gasteiger partial charge < -0.3 is 4.90 Å². The predicted molar refractivity (Wildman–Crippen MR) is 58.6 cm³/mol. The van der Waals surface area contributed by atoms with E-state index in [0.29, 0.717) is 0 Å². The number of rotatable bonds is 0. The largest absolute Gasteiger partial charge is 0.328 e. The smallest absolute Gasteiger partial charge is 0.254 e. The van der Waals surface area contributed by atoms with Gasteiger partial charge in [-0.25, -0.2) is 0 Å². The molecule has 2 heterocycles. The first-order chi connectivity index (χ1) is 7.38. The van der Waals surface area contributed by atoms with E-state index in [1.807, 2.05) is 23.1 Å². The fourth-order valence-electron chi connectivity index (χ4n) is 2.45. The van der Waals surface area contributed by atoms with Crippen LogP contribution in [0.3, 0.4) is 0 Å². The Morgan fingerprint density at radius 1 is 1.27 bits per heavy atom. The highest BCUT2D eigenvalue weighted by molar-refractivity contribution is 5.99.